The van der Waals surface area contributed by atoms with Crippen LogP contribution in [-0.4, -0.2) is 46.2 Å². The van der Waals surface area contributed by atoms with E-state index in [1.165, 1.54) is 25.3 Å². The van der Waals surface area contributed by atoms with Gasteiger partial charge in [0, 0.05) is 12.2 Å². The van der Waals surface area contributed by atoms with Crippen molar-refractivity contribution >= 4 is 5.97 Å². The van der Waals surface area contributed by atoms with E-state index in [1.54, 1.807) is 0 Å². The summed E-state index contributed by atoms with van der Waals surface area (Å²) in [5.41, 5.74) is 0.0867. The summed E-state index contributed by atoms with van der Waals surface area (Å²) in [5.74, 6) is -1.17. The molecule has 0 radical (unpaired) electrons. The maximum absolute atomic E-state index is 11.0. The number of aliphatic hydroxyl groups is 3. The summed E-state index contributed by atoms with van der Waals surface area (Å²) in [7, 11) is 1.29. The normalized spacial score (nSPS) is 14.0. The maximum atomic E-state index is 11.0. The summed E-state index contributed by atoms with van der Waals surface area (Å²) in [5, 5.41) is 37.2. The third-order valence-electron chi connectivity index (χ3n) is 2.59. The van der Waals surface area contributed by atoms with Gasteiger partial charge in [0.05, 0.1) is 13.2 Å². The minimum absolute atomic E-state index is 0.00879. The van der Waals surface area contributed by atoms with Crippen LogP contribution in [0.4, 0.5) is 0 Å². The van der Waals surface area contributed by atoms with E-state index < -0.39 is 18.2 Å². The van der Waals surface area contributed by atoms with E-state index in [4.69, 9.17) is 14.9 Å². The van der Waals surface area contributed by atoms with Crippen LogP contribution in [0.25, 0.3) is 0 Å². The van der Waals surface area contributed by atoms with Crippen molar-refractivity contribution in [1.82, 2.24) is 0 Å². The van der Waals surface area contributed by atoms with Crippen LogP contribution < -0.4 is 4.74 Å². The summed E-state index contributed by atoms with van der Waals surface area (Å²) in [4.78, 5) is 11.0. The zero-order chi connectivity index (χ0) is 13.7. The van der Waals surface area contributed by atoms with Gasteiger partial charge in [-0.3, -0.25) is 0 Å². The van der Waals surface area contributed by atoms with Gasteiger partial charge < -0.3 is 25.2 Å². The number of para-hydroxylation sites is 1. The molecule has 0 aliphatic rings. The molecule has 6 heteroatoms. The number of carboxylic acids is 1. The molecule has 6 nitrogen and oxygen atoms in total. The lowest BCUT2D eigenvalue weighted by molar-refractivity contribution is 0.00293. The summed E-state index contributed by atoms with van der Waals surface area (Å²) < 4.78 is 4.97. The van der Waals surface area contributed by atoms with E-state index >= 15 is 0 Å². The number of aliphatic hydroxyl groups excluding tert-OH is 3. The summed E-state index contributed by atoms with van der Waals surface area (Å²) in [6, 6.07) is 4.27. The summed E-state index contributed by atoms with van der Waals surface area (Å²) >= 11 is 0. The fourth-order valence-electron chi connectivity index (χ4n) is 1.68. The second-order valence-corrected chi connectivity index (χ2v) is 3.76. The molecular formula is C12H16O6. The average Bonchev–Trinajstić information content (AvgIpc) is 2.36. The molecule has 4 N–H and O–H groups in total. The number of carboxylic acid groups (broad SMARTS) is 1. The van der Waals surface area contributed by atoms with Crippen molar-refractivity contribution in [2.24, 2.45) is 0 Å². The van der Waals surface area contributed by atoms with E-state index in [0.717, 1.165) is 0 Å². The molecule has 18 heavy (non-hydrogen) atoms. The number of methoxy groups -OCH3 is 1. The molecule has 0 heterocycles. The van der Waals surface area contributed by atoms with Crippen molar-refractivity contribution in [2.75, 3.05) is 13.7 Å². The van der Waals surface area contributed by atoms with Crippen molar-refractivity contribution in [3.8, 4) is 5.75 Å². The molecule has 100 valence electrons. The maximum Gasteiger partial charge on any atom is 0.339 e. The average molecular weight is 256 g/mol. The molecule has 2 unspecified atom stereocenters. The second kappa shape index (κ2) is 6.34. The zero-order valence-corrected chi connectivity index (χ0v) is 9.91. The predicted molar refractivity (Wildman–Crippen MR) is 62.6 cm³/mol. The van der Waals surface area contributed by atoms with E-state index in [0.29, 0.717) is 0 Å². The highest BCUT2D eigenvalue weighted by molar-refractivity contribution is 5.91. The second-order valence-electron chi connectivity index (χ2n) is 3.76. The van der Waals surface area contributed by atoms with Crippen molar-refractivity contribution < 1.29 is 30.0 Å². The Balaban J connectivity index is 3.15. The van der Waals surface area contributed by atoms with Gasteiger partial charge in [-0.05, 0) is 12.5 Å². The van der Waals surface area contributed by atoms with Crippen LogP contribution in [0.5, 0.6) is 5.75 Å². The van der Waals surface area contributed by atoms with Crippen LogP contribution in [0, 0.1) is 0 Å². The first kappa shape index (κ1) is 14.4. The molecule has 0 spiro atoms. The minimum atomic E-state index is -1.31. The predicted octanol–water partition coefficient (Wildman–Crippen LogP) is 0.170. The molecule has 0 saturated carbocycles. The van der Waals surface area contributed by atoms with Gasteiger partial charge in [0.15, 0.2) is 0 Å². The highest BCUT2D eigenvalue weighted by Crippen LogP contribution is 2.31. The first-order valence-electron chi connectivity index (χ1n) is 5.40. The van der Waals surface area contributed by atoms with Crippen molar-refractivity contribution in [3.63, 3.8) is 0 Å². The molecule has 1 rings (SSSR count). The Morgan fingerprint density at radius 1 is 1.39 bits per heavy atom. The molecule has 0 aliphatic carbocycles. The Bertz CT molecular complexity index is 417. The first-order valence-corrected chi connectivity index (χ1v) is 5.40. The van der Waals surface area contributed by atoms with Gasteiger partial charge in [-0.1, -0.05) is 12.1 Å². The van der Waals surface area contributed by atoms with Gasteiger partial charge >= 0.3 is 5.97 Å². The zero-order valence-electron chi connectivity index (χ0n) is 9.91. The Kier molecular flexibility index (Phi) is 5.08. The highest BCUT2D eigenvalue weighted by Gasteiger charge is 2.24. The first-order chi connectivity index (χ1) is 8.52. The van der Waals surface area contributed by atoms with Crippen molar-refractivity contribution in [2.45, 2.75) is 18.6 Å². The summed E-state index contributed by atoms with van der Waals surface area (Å²) in [6.45, 7) is -0.279. The van der Waals surface area contributed by atoms with Gasteiger partial charge in [0.25, 0.3) is 0 Å². The lowest BCUT2D eigenvalue weighted by Gasteiger charge is -2.20. The van der Waals surface area contributed by atoms with Crippen LogP contribution in [-0.2, 0) is 0 Å². The lowest BCUT2D eigenvalue weighted by atomic mass is 9.99. The van der Waals surface area contributed by atoms with E-state index in [2.05, 4.69) is 0 Å². The van der Waals surface area contributed by atoms with Crippen LogP contribution in [0.3, 0.4) is 0 Å². The SMILES string of the molecule is COc1c(C(=O)O)cccc1C(O)C(O)CCO. The number of hydrogen-bond acceptors (Lipinski definition) is 5. The molecule has 1 aromatic rings. The monoisotopic (exact) mass is 256 g/mol. The van der Waals surface area contributed by atoms with E-state index in [1.807, 2.05) is 0 Å². The highest BCUT2D eigenvalue weighted by atomic mass is 16.5. The Hall–Kier alpha value is -1.63. The van der Waals surface area contributed by atoms with Crippen molar-refractivity contribution in [1.29, 1.82) is 0 Å². The summed E-state index contributed by atoms with van der Waals surface area (Å²) in [6.07, 6.45) is -2.51. The fraction of sp³-hybridized carbons (Fsp3) is 0.417. The Labute approximate surface area is 104 Å². The van der Waals surface area contributed by atoms with Crippen LogP contribution in [0.15, 0.2) is 18.2 Å². The molecule has 1 aromatic carbocycles. The van der Waals surface area contributed by atoms with Gasteiger partial charge in [-0.2, -0.15) is 0 Å². The minimum Gasteiger partial charge on any atom is -0.495 e. The topological polar surface area (TPSA) is 107 Å². The Morgan fingerprint density at radius 3 is 2.56 bits per heavy atom. The van der Waals surface area contributed by atoms with Crippen LogP contribution in [0.1, 0.15) is 28.4 Å². The van der Waals surface area contributed by atoms with Crippen LogP contribution >= 0.6 is 0 Å². The number of ether oxygens (including phenoxy) is 1. The van der Waals surface area contributed by atoms with Gasteiger partial charge in [0.2, 0.25) is 0 Å². The number of aromatic carboxylic acids is 1. The molecule has 0 fully saturated rings. The van der Waals surface area contributed by atoms with Gasteiger partial charge in [0.1, 0.15) is 17.4 Å². The smallest absolute Gasteiger partial charge is 0.339 e. The number of carbonyl (C=O) groups is 1. The molecule has 0 amide bonds. The molecular weight excluding hydrogens is 240 g/mol. The lowest BCUT2D eigenvalue weighted by Crippen LogP contribution is -2.20. The number of rotatable bonds is 6. The molecule has 2 atom stereocenters. The molecule has 0 aromatic heterocycles. The van der Waals surface area contributed by atoms with Gasteiger partial charge in [-0.15, -0.1) is 0 Å². The number of hydrogen-bond donors (Lipinski definition) is 4. The third kappa shape index (κ3) is 2.98. The Morgan fingerprint density at radius 2 is 2.06 bits per heavy atom. The van der Waals surface area contributed by atoms with E-state index in [9.17, 15) is 15.0 Å². The van der Waals surface area contributed by atoms with E-state index in [-0.39, 0.29) is 29.9 Å². The molecule has 0 saturated heterocycles. The standard InChI is InChI=1S/C12H16O6/c1-18-11-7(10(15)9(14)5-6-13)3-2-4-8(11)12(16)17/h2-4,9-10,13-15H,5-6H2,1H3,(H,16,17). The molecule has 0 aliphatic heterocycles. The largest absolute Gasteiger partial charge is 0.495 e. The fourth-order valence-corrected chi connectivity index (χ4v) is 1.68. The number of benzene rings is 1. The van der Waals surface area contributed by atoms with Gasteiger partial charge in [-0.25, -0.2) is 4.79 Å². The molecule has 0 bridgehead atoms. The van der Waals surface area contributed by atoms with Crippen LogP contribution in [0.2, 0.25) is 0 Å². The third-order valence-corrected chi connectivity index (χ3v) is 2.59. The quantitative estimate of drug-likeness (QED) is 0.578. The van der Waals surface area contributed by atoms with Crippen molar-refractivity contribution in [3.05, 3.63) is 29.3 Å².